The summed E-state index contributed by atoms with van der Waals surface area (Å²) in [5.74, 6) is 2.47. The molecule has 2 aliphatic heterocycles. The maximum absolute atomic E-state index is 7.83. The number of hydrogen-bond donors (Lipinski definition) is 0. The molecule has 2 aliphatic rings. The molecular formula is C54H87NO6Si4. The first-order valence-corrected chi connectivity index (χ1v) is 34.7. The van der Waals surface area contributed by atoms with Crippen molar-refractivity contribution in [3.8, 4) is 5.75 Å². The van der Waals surface area contributed by atoms with Gasteiger partial charge in [-0.15, -0.1) is 0 Å². The second-order valence-electron chi connectivity index (χ2n) is 23.1. The molecule has 5 rings (SSSR count). The molecule has 65 heavy (non-hydrogen) atoms. The summed E-state index contributed by atoms with van der Waals surface area (Å²) in [5.41, 5.74) is 1.91. The molecule has 0 aromatic heterocycles. The summed E-state index contributed by atoms with van der Waals surface area (Å²) >= 11 is 0. The van der Waals surface area contributed by atoms with Gasteiger partial charge in [-0.25, -0.2) is 0 Å². The highest BCUT2D eigenvalue weighted by Gasteiger charge is 2.54. The minimum atomic E-state index is -2.90. The molecule has 2 heterocycles. The first kappa shape index (κ1) is 53.2. The van der Waals surface area contributed by atoms with Crippen LogP contribution in [0.15, 0.2) is 91.0 Å². The standard InChI is InChI=1S/C54H87NO6Si4/c1-21-64(22-2,23-3)59-46-35-34-41(36-44(46)48-38-49(58-62(17,18)52(6,7)8)51(40(5)57-48)60-63(19,20)53(9,10)11)47-37-45(55(15)16)50(39(4)56-47)61-65(54(12,13)14,42-30-26-24-27-31-42)43-32-28-25-29-33-43/h24-40,45,49-51H,21-23H2,1-20H3/t39-,40-,45+,49-,50-,51-/m0/s1. The fourth-order valence-corrected chi connectivity index (χ4v) is 18.9. The summed E-state index contributed by atoms with van der Waals surface area (Å²) in [6.07, 6.45) is 3.17. The quantitative estimate of drug-likeness (QED) is 0.133. The van der Waals surface area contributed by atoms with Crippen molar-refractivity contribution in [3.05, 3.63) is 102 Å². The van der Waals surface area contributed by atoms with Gasteiger partial charge in [0.2, 0.25) is 0 Å². The van der Waals surface area contributed by atoms with E-state index in [1.165, 1.54) is 10.4 Å². The van der Waals surface area contributed by atoms with Crippen LogP contribution < -0.4 is 14.8 Å². The number of ether oxygens (including phenoxy) is 2. The van der Waals surface area contributed by atoms with Gasteiger partial charge in [-0.2, -0.15) is 0 Å². The third-order valence-electron chi connectivity index (χ3n) is 15.4. The minimum Gasteiger partial charge on any atom is -0.543 e. The summed E-state index contributed by atoms with van der Waals surface area (Å²) in [7, 11) is -5.18. The minimum absolute atomic E-state index is 0.0100. The van der Waals surface area contributed by atoms with Gasteiger partial charge in [0.15, 0.2) is 16.6 Å². The lowest BCUT2D eigenvalue weighted by atomic mass is 9.97. The van der Waals surface area contributed by atoms with E-state index >= 15 is 0 Å². The average molecular weight is 959 g/mol. The zero-order valence-corrected chi connectivity index (χ0v) is 48.1. The van der Waals surface area contributed by atoms with Crippen molar-refractivity contribution >= 4 is 55.2 Å². The lowest BCUT2D eigenvalue weighted by Crippen LogP contribution is -2.70. The molecule has 6 atom stereocenters. The maximum Gasteiger partial charge on any atom is 0.261 e. The van der Waals surface area contributed by atoms with Crippen LogP contribution in [0.25, 0.3) is 11.5 Å². The van der Waals surface area contributed by atoms with Crippen LogP contribution in [-0.4, -0.2) is 88.8 Å². The zero-order valence-electron chi connectivity index (χ0n) is 44.1. The molecule has 3 aromatic rings. The van der Waals surface area contributed by atoms with E-state index in [2.05, 4.69) is 233 Å². The molecule has 11 heteroatoms. The van der Waals surface area contributed by atoms with Gasteiger partial charge in [0.1, 0.15) is 41.7 Å². The van der Waals surface area contributed by atoms with Crippen LogP contribution in [0.3, 0.4) is 0 Å². The predicted octanol–water partition coefficient (Wildman–Crippen LogP) is 13.2. The Bertz CT molecular complexity index is 2050. The van der Waals surface area contributed by atoms with E-state index in [9.17, 15) is 0 Å². The molecule has 0 saturated heterocycles. The largest absolute Gasteiger partial charge is 0.543 e. The molecule has 3 aromatic carbocycles. The monoisotopic (exact) mass is 958 g/mol. The summed E-state index contributed by atoms with van der Waals surface area (Å²) in [6, 6.07) is 31.4. The van der Waals surface area contributed by atoms with E-state index in [-0.39, 0.29) is 51.7 Å². The Balaban J connectivity index is 1.68. The third-order valence-corrected chi connectivity index (χ3v) is 33.9. The van der Waals surface area contributed by atoms with Gasteiger partial charge < -0.3 is 32.1 Å². The maximum atomic E-state index is 7.83. The Morgan fingerprint density at radius 2 is 1.05 bits per heavy atom. The Labute approximate surface area is 400 Å². The molecule has 0 bridgehead atoms. The van der Waals surface area contributed by atoms with E-state index in [1.807, 2.05) is 0 Å². The van der Waals surface area contributed by atoms with Gasteiger partial charge in [0.05, 0.1) is 17.7 Å². The molecule has 0 aliphatic carbocycles. The van der Waals surface area contributed by atoms with E-state index in [0.717, 1.165) is 46.5 Å². The number of likely N-dealkylation sites (N-methyl/N-ethyl adjacent to an activating group) is 1. The molecule has 0 amide bonds. The summed E-state index contributed by atoms with van der Waals surface area (Å²) in [5, 5.41) is 2.37. The summed E-state index contributed by atoms with van der Waals surface area (Å²) in [4.78, 5) is 2.28. The smallest absolute Gasteiger partial charge is 0.261 e. The van der Waals surface area contributed by atoms with Crippen LogP contribution in [0.5, 0.6) is 5.75 Å². The number of nitrogens with zero attached hydrogens (tertiary/aromatic N) is 1. The highest BCUT2D eigenvalue weighted by atomic mass is 28.4. The number of benzene rings is 3. The van der Waals surface area contributed by atoms with Gasteiger partial charge in [0, 0.05) is 5.56 Å². The molecule has 0 radical (unpaired) electrons. The normalized spacial score (nSPS) is 22.8. The van der Waals surface area contributed by atoms with Crippen LogP contribution in [0.1, 0.15) is 108 Å². The van der Waals surface area contributed by atoms with Gasteiger partial charge in [-0.3, -0.25) is 0 Å². The molecule has 360 valence electrons. The van der Waals surface area contributed by atoms with Crippen LogP contribution >= 0.6 is 0 Å². The van der Waals surface area contributed by atoms with Gasteiger partial charge in [0.25, 0.3) is 16.6 Å². The fourth-order valence-electron chi connectivity index (χ4n) is 8.94. The zero-order chi connectivity index (χ0) is 48.6. The van der Waals surface area contributed by atoms with Crippen molar-refractivity contribution in [3.63, 3.8) is 0 Å². The summed E-state index contributed by atoms with van der Waals surface area (Å²) in [6.45, 7) is 41.3. The lowest BCUT2D eigenvalue weighted by molar-refractivity contribution is -0.0332. The first-order chi connectivity index (χ1) is 30.1. The van der Waals surface area contributed by atoms with Gasteiger partial charge in [-0.1, -0.05) is 144 Å². The molecule has 0 spiro atoms. The molecule has 0 N–H and O–H groups in total. The molecule has 0 fully saturated rings. The Morgan fingerprint density at radius 1 is 0.569 bits per heavy atom. The molecular weight excluding hydrogens is 871 g/mol. The van der Waals surface area contributed by atoms with Crippen LogP contribution in [0, 0.1) is 0 Å². The van der Waals surface area contributed by atoms with Gasteiger partial charge in [-0.05, 0) is 128 Å². The number of hydrogen-bond acceptors (Lipinski definition) is 7. The lowest BCUT2D eigenvalue weighted by Gasteiger charge is -2.49. The Hall–Kier alpha value is -2.75. The summed E-state index contributed by atoms with van der Waals surface area (Å²) < 4.78 is 44.0. The van der Waals surface area contributed by atoms with E-state index in [0.29, 0.717) is 0 Å². The average Bonchev–Trinajstić information content (AvgIpc) is 3.22. The van der Waals surface area contributed by atoms with Crippen molar-refractivity contribution in [2.45, 2.75) is 193 Å². The second-order valence-corrected chi connectivity index (χ2v) is 41.6. The van der Waals surface area contributed by atoms with E-state index < -0.39 is 33.3 Å². The fraction of sp³-hybridized carbons (Fsp3) is 0.593. The van der Waals surface area contributed by atoms with Crippen molar-refractivity contribution in [2.24, 2.45) is 0 Å². The Morgan fingerprint density at radius 3 is 1.51 bits per heavy atom. The third kappa shape index (κ3) is 11.2. The van der Waals surface area contributed by atoms with Crippen molar-refractivity contribution < 1.29 is 27.2 Å². The van der Waals surface area contributed by atoms with Crippen molar-refractivity contribution in [1.29, 1.82) is 0 Å². The Kier molecular flexibility index (Phi) is 16.4. The first-order valence-electron chi connectivity index (χ1n) is 24.5. The molecule has 7 nitrogen and oxygen atoms in total. The SMILES string of the molecule is CC[Si](CC)(CC)Oc1ccc(C2=C[C@@H](N(C)C)[C@@H](O[Si](c3ccccc3)(c3ccccc3)C(C)(C)C)[C@H](C)O2)cc1C1=C[C@H](O[Si](C)(C)C(C)(C)C)[C@@H](O[Si](C)(C)C(C)(C)C)[C@H](C)O1. The topological polar surface area (TPSA) is 58.6 Å². The van der Waals surface area contributed by atoms with Crippen LogP contribution in [0.2, 0.25) is 59.4 Å². The van der Waals surface area contributed by atoms with Crippen LogP contribution in [-0.2, 0) is 22.8 Å². The molecule has 0 unspecified atom stereocenters. The van der Waals surface area contributed by atoms with Crippen LogP contribution in [0.4, 0.5) is 0 Å². The van der Waals surface area contributed by atoms with E-state index in [1.54, 1.807) is 0 Å². The van der Waals surface area contributed by atoms with Crippen molar-refractivity contribution in [2.75, 3.05) is 14.1 Å². The molecule has 0 saturated carbocycles. The van der Waals surface area contributed by atoms with E-state index in [4.69, 9.17) is 27.2 Å². The highest BCUT2D eigenvalue weighted by molar-refractivity contribution is 6.99. The second kappa shape index (κ2) is 20.1. The predicted molar refractivity (Wildman–Crippen MR) is 285 cm³/mol. The number of rotatable bonds is 16. The van der Waals surface area contributed by atoms with Gasteiger partial charge >= 0.3 is 0 Å². The highest BCUT2D eigenvalue weighted by Crippen LogP contribution is 2.46. The van der Waals surface area contributed by atoms with Crippen molar-refractivity contribution in [1.82, 2.24) is 4.90 Å².